The zero-order chi connectivity index (χ0) is 17.5. The summed E-state index contributed by atoms with van der Waals surface area (Å²) in [5.74, 6) is -0.617. The van der Waals surface area contributed by atoms with E-state index in [9.17, 15) is 14.0 Å². The standard InChI is InChI=1S/C18H18FNO4/c1-12(21)20-10-13-3-5-14(6-4-13)18(22)24-11-15-9-16(19)7-8-17(15)23-2/h3-9H,10-11H2,1-2H3,(H,20,21). The van der Waals surface area contributed by atoms with Crippen molar-refractivity contribution < 1.29 is 23.5 Å². The van der Waals surface area contributed by atoms with Gasteiger partial charge in [-0.05, 0) is 35.9 Å². The van der Waals surface area contributed by atoms with E-state index in [1.807, 2.05) is 0 Å². The molecule has 0 aliphatic heterocycles. The van der Waals surface area contributed by atoms with Crippen LogP contribution in [0.15, 0.2) is 42.5 Å². The molecule has 0 radical (unpaired) electrons. The predicted molar refractivity (Wildman–Crippen MR) is 86.0 cm³/mol. The molecule has 2 aromatic rings. The molecule has 0 aromatic heterocycles. The van der Waals surface area contributed by atoms with Crippen LogP contribution in [0.1, 0.15) is 28.4 Å². The average Bonchev–Trinajstić information content (AvgIpc) is 2.58. The van der Waals surface area contributed by atoms with Crippen molar-refractivity contribution in [3.8, 4) is 5.75 Å². The minimum absolute atomic E-state index is 0.0899. The number of benzene rings is 2. The number of methoxy groups -OCH3 is 1. The third kappa shape index (κ3) is 4.81. The quantitative estimate of drug-likeness (QED) is 0.827. The normalized spacial score (nSPS) is 10.1. The molecule has 2 aromatic carbocycles. The molecule has 5 nitrogen and oxygen atoms in total. The smallest absolute Gasteiger partial charge is 0.338 e. The van der Waals surface area contributed by atoms with Gasteiger partial charge in [-0.3, -0.25) is 4.79 Å². The molecule has 0 atom stereocenters. The lowest BCUT2D eigenvalue weighted by Crippen LogP contribution is -2.18. The second kappa shape index (κ2) is 8.10. The van der Waals surface area contributed by atoms with E-state index < -0.39 is 11.8 Å². The van der Waals surface area contributed by atoms with Gasteiger partial charge in [-0.2, -0.15) is 0 Å². The highest BCUT2D eigenvalue weighted by Crippen LogP contribution is 2.20. The zero-order valence-electron chi connectivity index (χ0n) is 13.5. The molecule has 1 N–H and O–H groups in total. The van der Waals surface area contributed by atoms with Gasteiger partial charge < -0.3 is 14.8 Å². The van der Waals surface area contributed by atoms with Gasteiger partial charge in [0, 0.05) is 19.0 Å². The molecule has 126 valence electrons. The van der Waals surface area contributed by atoms with Crippen molar-refractivity contribution in [2.24, 2.45) is 0 Å². The Labute approximate surface area is 139 Å². The van der Waals surface area contributed by atoms with E-state index in [0.29, 0.717) is 23.4 Å². The number of amides is 1. The molecular weight excluding hydrogens is 313 g/mol. The van der Waals surface area contributed by atoms with Crippen LogP contribution in [0.25, 0.3) is 0 Å². The lowest BCUT2D eigenvalue weighted by atomic mass is 10.1. The molecule has 0 bridgehead atoms. The molecule has 0 aliphatic carbocycles. The lowest BCUT2D eigenvalue weighted by molar-refractivity contribution is -0.119. The molecule has 6 heteroatoms. The van der Waals surface area contributed by atoms with Gasteiger partial charge in [-0.1, -0.05) is 12.1 Å². The van der Waals surface area contributed by atoms with Crippen LogP contribution in [0.2, 0.25) is 0 Å². The number of esters is 1. The Kier molecular flexibility index (Phi) is 5.89. The van der Waals surface area contributed by atoms with Gasteiger partial charge in [0.1, 0.15) is 18.2 Å². The first kappa shape index (κ1) is 17.5. The van der Waals surface area contributed by atoms with Crippen molar-refractivity contribution in [3.05, 3.63) is 65.0 Å². The van der Waals surface area contributed by atoms with Gasteiger partial charge in [-0.15, -0.1) is 0 Å². The fourth-order valence-corrected chi connectivity index (χ4v) is 2.07. The van der Waals surface area contributed by atoms with Crippen molar-refractivity contribution in [3.63, 3.8) is 0 Å². The van der Waals surface area contributed by atoms with Crippen LogP contribution in [0.4, 0.5) is 4.39 Å². The summed E-state index contributed by atoms with van der Waals surface area (Å²) < 4.78 is 23.6. The van der Waals surface area contributed by atoms with Crippen LogP contribution < -0.4 is 10.1 Å². The van der Waals surface area contributed by atoms with Gasteiger partial charge in [0.15, 0.2) is 0 Å². The number of hydrogen-bond donors (Lipinski definition) is 1. The van der Waals surface area contributed by atoms with E-state index in [4.69, 9.17) is 9.47 Å². The van der Waals surface area contributed by atoms with Gasteiger partial charge in [0.2, 0.25) is 5.91 Å². The van der Waals surface area contributed by atoms with E-state index in [1.54, 1.807) is 24.3 Å². The highest BCUT2D eigenvalue weighted by molar-refractivity contribution is 5.89. The van der Waals surface area contributed by atoms with Gasteiger partial charge in [0.25, 0.3) is 0 Å². The van der Waals surface area contributed by atoms with Gasteiger partial charge in [0.05, 0.1) is 12.7 Å². The molecule has 0 saturated carbocycles. The second-order valence-electron chi connectivity index (χ2n) is 5.14. The Bertz CT molecular complexity index is 728. The number of halogens is 1. The molecule has 24 heavy (non-hydrogen) atoms. The summed E-state index contributed by atoms with van der Waals surface area (Å²) >= 11 is 0. The van der Waals surface area contributed by atoms with Gasteiger partial charge in [-0.25, -0.2) is 9.18 Å². The van der Waals surface area contributed by atoms with Crippen LogP contribution in [0, 0.1) is 5.82 Å². The third-order valence-corrected chi connectivity index (χ3v) is 3.33. The number of carbonyl (C=O) groups is 2. The average molecular weight is 331 g/mol. The molecule has 0 spiro atoms. The summed E-state index contributed by atoms with van der Waals surface area (Å²) in [6.45, 7) is 1.74. The van der Waals surface area contributed by atoms with Crippen LogP contribution in [-0.2, 0) is 22.7 Å². The predicted octanol–water partition coefficient (Wildman–Crippen LogP) is 2.83. The summed E-state index contributed by atoms with van der Waals surface area (Å²) in [7, 11) is 1.46. The summed E-state index contributed by atoms with van der Waals surface area (Å²) in [5.41, 5.74) is 1.69. The molecule has 0 heterocycles. The fourth-order valence-electron chi connectivity index (χ4n) is 2.07. The third-order valence-electron chi connectivity index (χ3n) is 3.33. The fraction of sp³-hybridized carbons (Fsp3) is 0.222. The molecule has 0 unspecified atom stereocenters. The van der Waals surface area contributed by atoms with E-state index >= 15 is 0 Å². The zero-order valence-corrected chi connectivity index (χ0v) is 13.5. The molecule has 0 saturated heterocycles. The number of carbonyl (C=O) groups excluding carboxylic acids is 2. The first-order valence-electron chi connectivity index (χ1n) is 7.32. The van der Waals surface area contributed by atoms with Crippen molar-refractivity contribution >= 4 is 11.9 Å². The van der Waals surface area contributed by atoms with Crippen LogP contribution in [-0.4, -0.2) is 19.0 Å². The van der Waals surface area contributed by atoms with E-state index in [2.05, 4.69) is 5.32 Å². The Morgan fingerprint density at radius 1 is 1.12 bits per heavy atom. The molecule has 2 rings (SSSR count). The number of ether oxygens (including phenoxy) is 2. The van der Waals surface area contributed by atoms with Crippen LogP contribution in [0.5, 0.6) is 5.75 Å². The molecule has 0 aliphatic rings. The van der Waals surface area contributed by atoms with Gasteiger partial charge >= 0.3 is 5.97 Å². The Morgan fingerprint density at radius 2 is 1.83 bits per heavy atom. The molecule has 0 fully saturated rings. The summed E-state index contributed by atoms with van der Waals surface area (Å²) in [6, 6.07) is 10.7. The monoisotopic (exact) mass is 331 g/mol. The highest BCUT2D eigenvalue weighted by atomic mass is 19.1. The number of nitrogens with one attached hydrogen (secondary N) is 1. The van der Waals surface area contributed by atoms with Crippen molar-refractivity contribution in [2.75, 3.05) is 7.11 Å². The van der Waals surface area contributed by atoms with E-state index in [1.165, 1.54) is 32.2 Å². The summed E-state index contributed by atoms with van der Waals surface area (Å²) in [6.07, 6.45) is 0. The highest BCUT2D eigenvalue weighted by Gasteiger charge is 2.11. The first-order valence-corrected chi connectivity index (χ1v) is 7.32. The minimum atomic E-state index is -0.521. The molecular formula is C18H18FNO4. The molecule has 1 amide bonds. The largest absolute Gasteiger partial charge is 0.496 e. The topological polar surface area (TPSA) is 64.6 Å². The Balaban J connectivity index is 1.97. The lowest BCUT2D eigenvalue weighted by Gasteiger charge is -2.10. The first-order chi connectivity index (χ1) is 11.5. The maximum atomic E-state index is 13.3. The summed E-state index contributed by atoms with van der Waals surface area (Å²) in [5, 5.41) is 2.67. The van der Waals surface area contributed by atoms with E-state index in [-0.39, 0.29) is 12.5 Å². The Morgan fingerprint density at radius 3 is 2.46 bits per heavy atom. The number of rotatable bonds is 6. The number of hydrogen-bond acceptors (Lipinski definition) is 4. The second-order valence-corrected chi connectivity index (χ2v) is 5.14. The maximum Gasteiger partial charge on any atom is 0.338 e. The van der Waals surface area contributed by atoms with Crippen molar-refractivity contribution in [2.45, 2.75) is 20.1 Å². The summed E-state index contributed by atoms with van der Waals surface area (Å²) in [4.78, 5) is 22.9. The Hall–Kier alpha value is -2.89. The van der Waals surface area contributed by atoms with Crippen LogP contribution >= 0.6 is 0 Å². The minimum Gasteiger partial charge on any atom is -0.496 e. The SMILES string of the molecule is COc1ccc(F)cc1COC(=O)c1ccc(CNC(C)=O)cc1. The van der Waals surface area contributed by atoms with Crippen molar-refractivity contribution in [1.82, 2.24) is 5.32 Å². The maximum absolute atomic E-state index is 13.3. The van der Waals surface area contributed by atoms with E-state index in [0.717, 1.165) is 5.56 Å². The van der Waals surface area contributed by atoms with Crippen LogP contribution in [0.3, 0.4) is 0 Å². The van der Waals surface area contributed by atoms with Crippen molar-refractivity contribution in [1.29, 1.82) is 0 Å².